The molecule has 4 rings (SSSR count). The minimum Gasteiger partial charge on any atom is -0.494 e. The normalized spacial score (nSPS) is 12.6. The van der Waals surface area contributed by atoms with Gasteiger partial charge in [-0.05, 0) is 72.8 Å². The Bertz CT molecular complexity index is 1480. The van der Waals surface area contributed by atoms with Gasteiger partial charge in [0.05, 0.1) is 6.61 Å². The molecule has 6 nitrogen and oxygen atoms in total. The number of H-pyrrole nitrogens is 2. The molecule has 0 bridgehead atoms. The Hall–Kier alpha value is -3.90. The molecule has 0 spiro atoms. The van der Waals surface area contributed by atoms with E-state index < -0.39 is 0 Å². The molecule has 6 heteroatoms. The fourth-order valence-corrected chi connectivity index (χ4v) is 3.56. The molecule has 168 valence electrons. The Morgan fingerprint density at radius 1 is 0.788 bits per heavy atom. The summed E-state index contributed by atoms with van der Waals surface area (Å²) in [4.78, 5) is 32.7. The van der Waals surface area contributed by atoms with Crippen molar-refractivity contribution in [3.8, 4) is 5.75 Å². The number of nitrogens with one attached hydrogen (secondary N) is 2. The van der Waals surface area contributed by atoms with Crippen LogP contribution in [0.3, 0.4) is 0 Å². The monoisotopic (exact) mass is 441 g/mol. The van der Waals surface area contributed by atoms with Gasteiger partial charge >= 0.3 is 0 Å². The molecule has 2 N–H and O–H groups in total. The van der Waals surface area contributed by atoms with Gasteiger partial charge in [-0.25, -0.2) is 0 Å². The predicted octanol–water partition coefficient (Wildman–Crippen LogP) is 2.20. The van der Waals surface area contributed by atoms with Crippen LogP contribution in [0.1, 0.15) is 17.5 Å². The molecule has 0 amide bonds. The highest BCUT2D eigenvalue weighted by atomic mass is 16.5. The first-order valence-electron chi connectivity index (χ1n) is 10.9. The van der Waals surface area contributed by atoms with Crippen LogP contribution in [-0.2, 0) is 0 Å². The van der Waals surface area contributed by atoms with Gasteiger partial charge in [-0.15, -0.1) is 0 Å². The number of nitrogens with zero attached hydrogens (tertiary/aromatic N) is 1. The number of hydrogen-bond donors (Lipinski definition) is 2. The Kier molecular flexibility index (Phi) is 6.86. The van der Waals surface area contributed by atoms with E-state index in [1.54, 1.807) is 12.2 Å². The van der Waals surface area contributed by atoms with Crippen molar-refractivity contribution in [2.24, 2.45) is 0 Å². The highest BCUT2D eigenvalue weighted by Gasteiger charge is 2.00. The molecule has 0 radical (unpaired) electrons. The predicted molar refractivity (Wildman–Crippen MR) is 133 cm³/mol. The zero-order valence-electron chi connectivity index (χ0n) is 18.8. The summed E-state index contributed by atoms with van der Waals surface area (Å²) in [6.07, 6.45) is 4.27. The summed E-state index contributed by atoms with van der Waals surface area (Å²) >= 11 is 0. The zero-order valence-corrected chi connectivity index (χ0v) is 18.8. The second kappa shape index (κ2) is 10.1. The largest absolute Gasteiger partial charge is 0.494 e. The van der Waals surface area contributed by atoms with E-state index >= 15 is 0 Å². The number of aromatic nitrogens is 2. The van der Waals surface area contributed by atoms with Crippen LogP contribution in [0.15, 0.2) is 76.3 Å². The van der Waals surface area contributed by atoms with Gasteiger partial charge in [0.2, 0.25) is 0 Å². The third kappa shape index (κ3) is 5.87. The lowest BCUT2D eigenvalue weighted by Gasteiger charge is -2.10. The summed E-state index contributed by atoms with van der Waals surface area (Å²) < 4.78 is 5.73. The molecule has 33 heavy (non-hydrogen) atoms. The Morgan fingerprint density at radius 2 is 1.39 bits per heavy atom. The minimum absolute atomic E-state index is 0.204. The molecule has 0 aliphatic carbocycles. The van der Waals surface area contributed by atoms with Crippen molar-refractivity contribution in [1.29, 1.82) is 0 Å². The number of aromatic amines is 2. The maximum atomic E-state index is 12.6. The van der Waals surface area contributed by atoms with Crippen LogP contribution < -0.4 is 26.6 Å². The smallest absolute Gasteiger partial charge is 0.272 e. The van der Waals surface area contributed by atoms with Gasteiger partial charge < -0.3 is 19.6 Å². The Labute approximate surface area is 191 Å². The van der Waals surface area contributed by atoms with Gasteiger partial charge in [0.15, 0.2) is 0 Å². The van der Waals surface area contributed by atoms with Crippen molar-refractivity contribution in [2.75, 3.05) is 27.2 Å². The molecule has 1 heterocycles. The molecule has 3 aromatic carbocycles. The SMILES string of the molecule is CN(C)CCCOc1ccc(/C=c2\[nH]c(=O)/c(=C/c3ccc4ccccc4c3)[nH]c2=O)cc1. The molecule has 0 atom stereocenters. The van der Waals surface area contributed by atoms with Gasteiger partial charge in [0, 0.05) is 6.54 Å². The molecule has 0 fully saturated rings. The van der Waals surface area contributed by atoms with Gasteiger partial charge in [-0.1, -0.05) is 48.5 Å². The third-order valence-electron chi connectivity index (χ3n) is 5.28. The van der Waals surface area contributed by atoms with E-state index in [1.807, 2.05) is 80.8 Å². The van der Waals surface area contributed by atoms with E-state index in [-0.39, 0.29) is 21.8 Å². The van der Waals surface area contributed by atoms with Crippen LogP contribution in [0.4, 0.5) is 0 Å². The van der Waals surface area contributed by atoms with Gasteiger partial charge in [-0.3, -0.25) is 9.59 Å². The second-order valence-electron chi connectivity index (χ2n) is 8.21. The maximum absolute atomic E-state index is 12.6. The van der Waals surface area contributed by atoms with Crippen LogP contribution in [0.25, 0.3) is 22.9 Å². The molecule has 0 aliphatic rings. The third-order valence-corrected chi connectivity index (χ3v) is 5.28. The summed E-state index contributed by atoms with van der Waals surface area (Å²) in [5.41, 5.74) is 0.927. The standard InChI is InChI=1S/C27H27N3O3/c1-30(2)14-5-15-33-23-12-9-19(10-13-23)17-24-26(31)29-25(27(32)28-24)18-20-8-11-21-6-3-4-7-22(21)16-20/h3-4,6-13,16-18H,5,14-15H2,1-2H3,(H,28,32)(H,29,31)/b24-17-,25-18-. The number of fused-ring (bicyclic) bond motifs is 1. The summed E-state index contributed by atoms with van der Waals surface area (Å²) in [6.45, 7) is 1.61. The highest BCUT2D eigenvalue weighted by Crippen LogP contribution is 2.15. The average Bonchev–Trinajstić information content (AvgIpc) is 2.81. The molecule has 0 saturated heterocycles. The van der Waals surface area contributed by atoms with Crippen LogP contribution in [0.5, 0.6) is 5.75 Å². The average molecular weight is 442 g/mol. The number of benzene rings is 3. The minimum atomic E-state index is -0.356. The molecular formula is C27H27N3O3. The van der Waals surface area contributed by atoms with Gasteiger partial charge in [-0.2, -0.15) is 0 Å². The molecule has 1 aromatic heterocycles. The first-order valence-corrected chi connectivity index (χ1v) is 10.9. The molecule has 0 saturated carbocycles. The fourth-order valence-electron chi connectivity index (χ4n) is 3.56. The summed E-state index contributed by atoms with van der Waals surface area (Å²) in [7, 11) is 4.06. The van der Waals surface area contributed by atoms with E-state index in [0.29, 0.717) is 6.61 Å². The number of hydrogen-bond acceptors (Lipinski definition) is 4. The lowest BCUT2D eigenvalue weighted by molar-refractivity contribution is 0.281. The number of ether oxygens (including phenoxy) is 1. The van der Waals surface area contributed by atoms with E-state index in [1.165, 1.54) is 0 Å². The zero-order chi connectivity index (χ0) is 23.2. The summed E-state index contributed by atoms with van der Waals surface area (Å²) in [5, 5.41) is 2.61. The lowest BCUT2D eigenvalue weighted by atomic mass is 10.1. The number of rotatable bonds is 7. The molecule has 4 aromatic rings. The fraction of sp³-hybridized carbons (Fsp3) is 0.185. The van der Waals surface area contributed by atoms with Crippen molar-refractivity contribution in [1.82, 2.24) is 14.9 Å². The Morgan fingerprint density at radius 3 is 2.06 bits per heavy atom. The van der Waals surface area contributed by atoms with E-state index in [2.05, 4.69) is 14.9 Å². The van der Waals surface area contributed by atoms with Crippen molar-refractivity contribution in [3.63, 3.8) is 0 Å². The summed E-state index contributed by atoms with van der Waals surface area (Å²) in [6, 6.07) is 21.3. The van der Waals surface area contributed by atoms with Crippen LogP contribution in [0, 0.1) is 0 Å². The molecular weight excluding hydrogens is 414 g/mol. The van der Waals surface area contributed by atoms with Crippen molar-refractivity contribution in [3.05, 3.63) is 109 Å². The maximum Gasteiger partial charge on any atom is 0.272 e. The van der Waals surface area contributed by atoms with Crippen LogP contribution in [0.2, 0.25) is 0 Å². The second-order valence-corrected chi connectivity index (χ2v) is 8.21. The van der Waals surface area contributed by atoms with E-state index in [4.69, 9.17) is 4.74 Å². The quantitative estimate of drug-likeness (QED) is 0.431. The molecule has 0 aliphatic heterocycles. The van der Waals surface area contributed by atoms with E-state index in [0.717, 1.165) is 40.6 Å². The molecule has 0 unspecified atom stereocenters. The lowest BCUT2D eigenvalue weighted by Crippen LogP contribution is -2.46. The van der Waals surface area contributed by atoms with Crippen LogP contribution >= 0.6 is 0 Å². The first kappa shape index (κ1) is 22.3. The topological polar surface area (TPSA) is 78.2 Å². The van der Waals surface area contributed by atoms with Crippen molar-refractivity contribution >= 4 is 22.9 Å². The Balaban J connectivity index is 1.56. The van der Waals surface area contributed by atoms with E-state index in [9.17, 15) is 9.59 Å². The van der Waals surface area contributed by atoms with Crippen molar-refractivity contribution in [2.45, 2.75) is 6.42 Å². The highest BCUT2D eigenvalue weighted by molar-refractivity contribution is 5.84. The van der Waals surface area contributed by atoms with Gasteiger partial charge in [0.25, 0.3) is 11.1 Å². The first-order chi connectivity index (χ1) is 16.0. The van der Waals surface area contributed by atoms with Crippen LogP contribution in [-0.4, -0.2) is 42.1 Å². The van der Waals surface area contributed by atoms with Gasteiger partial charge in [0.1, 0.15) is 16.4 Å². The van der Waals surface area contributed by atoms with Crippen molar-refractivity contribution < 1.29 is 4.74 Å². The summed E-state index contributed by atoms with van der Waals surface area (Å²) in [5.74, 6) is 0.772.